The lowest BCUT2D eigenvalue weighted by atomic mass is 10.1. The molecule has 3 rings (SSSR count). The van der Waals surface area contributed by atoms with Gasteiger partial charge in [0.05, 0.1) is 6.61 Å². The first-order chi connectivity index (χ1) is 14.0. The molecule has 0 spiro atoms. The number of piperazine rings is 1. The van der Waals surface area contributed by atoms with Gasteiger partial charge in [0.15, 0.2) is 0 Å². The predicted octanol–water partition coefficient (Wildman–Crippen LogP) is 2.40. The van der Waals surface area contributed by atoms with Gasteiger partial charge in [0, 0.05) is 43.0 Å². The summed E-state index contributed by atoms with van der Waals surface area (Å²) in [6.45, 7) is 3.72. The van der Waals surface area contributed by atoms with Crippen molar-refractivity contribution in [1.29, 1.82) is 0 Å². The monoisotopic (exact) mass is 397 g/mol. The van der Waals surface area contributed by atoms with E-state index in [-0.39, 0.29) is 18.4 Å². The number of hydrogen-bond acceptors (Lipinski definition) is 6. The van der Waals surface area contributed by atoms with Crippen LogP contribution in [0.5, 0.6) is 5.75 Å². The first-order valence-corrected chi connectivity index (χ1v) is 9.36. The molecule has 0 saturated carbocycles. The molecule has 29 heavy (non-hydrogen) atoms. The van der Waals surface area contributed by atoms with Crippen molar-refractivity contribution in [2.75, 3.05) is 38.5 Å². The van der Waals surface area contributed by atoms with Crippen LogP contribution in [0.1, 0.15) is 27.6 Å². The third-order valence-corrected chi connectivity index (χ3v) is 4.58. The van der Waals surface area contributed by atoms with Crippen LogP contribution in [0.4, 0.5) is 10.5 Å². The van der Waals surface area contributed by atoms with Gasteiger partial charge in [0.1, 0.15) is 5.75 Å². The van der Waals surface area contributed by atoms with Gasteiger partial charge in [0.25, 0.3) is 11.8 Å². The molecule has 2 amide bonds. The Morgan fingerprint density at radius 3 is 1.72 bits per heavy atom. The maximum absolute atomic E-state index is 12.7. The van der Waals surface area contributed by atoms with Crippen molar-refractivity contribution in [2.45, 2.75) is 6.92 Å². The summed E-state index contributed by atoms with van der Waals surface area (Å²) in [4.78, 5) is 40.0. The van der Waals surface area contributed by atoms with E-state index in [0.29, 0.717) is 48.7 Å². The number of amides is 2. The lowest BCUT2D eigenvalue weighted by Gasteiger charge is -2.35. The van der Waals surface area contributed by atoms with Crippen molar-refractivity contribution in [1.82, 2.24) is 9.80 Å². The molecular formula is C21H23N3O5. The van der Waals surface area contributed by atoms with Crippen LogP contribution in [0, 0.1) is 0 Å². The molecule has 1 fully saturated rings. The number of benzene rings is 2. The molecule has 8 nitrogen and oxygen atoms in total. The van der Waals surface area contributed by atoms with E-state index in [1.807, 2.05) is 0 Å². The number of carbonyl (C=O) groups is 3. The largest absolute Gasteiger partial charge is 0.513 e. The third kappa shape index (κ3) is 5.04. The average Bonchev–Trinajstić information content (AvgIpc) is 2.74. The molecule has 0 radical (unpaired) electrons. The summed E-state index contributed by atoms with van der Waals surface area (Å²) in [7, 11) is 0. The Morgan fingerprint density at radius 1 is 0.828 bits per heavy atom. The summed E-state index contributed by atoms with van der Waals surface area (Å²) in [5.41, 5.74) is 7.33. The van der Waals surface area contributed by atoms with Gasteiger partial charge in [-0.05, 0) is 55.5 Å². The van der Waals surface area contributed by atoms with E-state index in [1.165, 1.54) is 0 Å². The van der Waals surface area contributed by atoms with Crippen LogP contribution >= 0.6 is 0 Å². The smallest absolute Gasteiger partial charge is 0.434 e. The molecule has 152 valence electrons. The van der Waals surface area contributed by atoms with Crippen LogP contribution in [0.25, 0.3) is 0 Å². The zero-order valence-corrected chi connectivity index (χ0v) is 16.2. The highest BCUT2D eigenvalue weighted by atomic mass is 16.7. The summed E-state index contributed by atoms with van der Waals surface area (Å²) >= 11 is 0. The quantitative estimate of drug-likeness (QED) is 0.483. The Balaban J connectivity index is 1.55. The number of anilines is 1. The minimum absolute atomic E-state index is 0.0717. The van der Waals surface area contributed by atoms with Gasteiger partial charge in [-0.3, -0.25) is 9.59 Å². The maximum Gasteiger partial charge on any atom is 0.513 e. The molecule has 2 aromatic carbocycles. The Morgan fingerprint density at radius 2 is 1.28 bits per heavy atom. The van der Waals surface area contributed by atoms with E-state index in [4.69, 9.17) is 15.2 Å². The number of nitrogen functional groups attached to an aromatic ring is 1. The fraction of sp³-hybridized carbons (Fsp3) is 0.286. The first-order valence-electron chi connectivity index (χ1n) is 9.36. The summed E-state index contributed by atoms with van der Waals surface area (Å²) in [6, 6.07) is 13.1. The van der Waals surface area contributed by atoms with E-state index in [9.17, 15) is 14.4 Å². The minimum atomic E-state index is -0.784. The third-order valence-electron chi connectivity index (χ3n) is 4.58. The van der Waals surface area contributed by atoms with Crippen LogP contribution < -0.4 is 10.5 Å². The maximum atomic E-state index is 12.7. The fourth-order valence-electron chi connectivity index (χ4n) is 3.01. The average molecular weight is 397 g/mol. The van der Waals surface area contributed by atoms with Gasteiger partial charge in [-0.25, -0.2) is 4.79 Å². The van der Waals surface area contributed by atoms with Gasteiger partial charge >= 0.3 is 6.16 Å². The van der Waals surface area contributed by atoms with Crippen molar-refractivity contribution >= 4 is 23.7 Å². The van der Waals surface area contributed by atoms with E-state index < -0.39 is 6.16 Å². The molecule has 1 heterocycles. The zero-order valence-electron chi connectivity index (χ0n) is 16.2. The second-order valence-corrected chi connectivity index (χ2v) is 6.52. The highest BCUT2D eigenvalue weighted by Crippen LogP contribution is 2.16. The number of rotatable bonds is 4. The van der Waals surface area contributed by atoms with Crippen molar-refractivity contribution in [3.8, 4) is 5.75 Å². The Hall–Kier alpha value is -3.55. The van der Waals surface area contributed by atoms with Crippen molar-refractivity contribution in [2.24, 2.45) is 0 Å². The highest BCUT2D eigenvalue weighted by Gasteiger charge is 2.25. The molecular weight excluding hydrogens is 374 g/mol. The van der Waals surface area contributed by atoms with Gasteiger partial charge in [0.2, 0.25) is 0 Å². The van der Waals surface area contributed by atoms with Gasteiger partial charge in [-0.2, -0.15) is 0 Å². The molecule has 8 heteroatoms. The Labute approximate surface area is 168 Å². The molecule has 0 atom stereocenters. The van der Waals surface area contributed by atoms with Crippen LogP contribution in [0.3, 0.4) is 0 Å². The second-order valence-electron chi connectivity index (χ2n) is 6.52. The molecule has 2 aromatic rings. The number of hydrogen-bond donors (Lipinski definition) is 1. The van der Waals surface area contributed by atoms with Crippen molar-refractivity contribution < 1.29 is 23.9 Å². The lowest BCUT2D eigenvalue weighted by molar-refractivity contribution is 0.0535. The minimum Gasteiger partial charge on any atom is -0.434 e. The van der Waals surface area contributed by atoms with Gasteiger partial charge in [-0.1, -0.05) is 0 Å². The molecule has 1 aliphatic rings. The van der Waals surface area contributed by atoms with Crippen molar-refractivity contribution in [3.63, 3.8) is 0 Å². The fourth-order valence-corrected chi connectivity index (χ4v) is 3.01. The molecule has 0 aliphatic carbocycles. The Kier molecular flexibility index (Phi) is 6.33. The second kappa shape index (κ2) is 9.09. The summed E-state index contributed by atoms with van der Waals surface area (Å²) in [5, 5.41) is 0. The number of nitrogens with two attached hydrogens (primary N) is 1. The van der Waals surface area contributed by atoms with Crippen LogP contribution in [-0.2, 0) is 4.74 Å². The first kappa shape index (κ1) is 20.2. The van der Waals surface area contributed by atoms with E-state index in [0.717, 1.165) is 0 Å². The SMILES string of the molecule is CCOC(=O)Oc1ccc(C(=O)N2CCN(C(=O)c3ccc(N)cc3)CC2)cc1. The van der Waals surface area contributed by atoms with Gasteiger partial charge < -0.3 is 25.0 Å². The van der Waals surface area contributed by atoms with Gasteiger partial charge in [-0.15, -0.1) is 0 Å². The number of carbonyl (C=O) groups excluding carboxylic acids is 3. The van der Waals surface area contributed by atoms with E-state index >= 15 is 0 Å². The zero-order chi connectivity index (χ0) is 20.8. The standard InChI is InChI=1S/C21H23N3O5/c1-2-28-21(27)29-18-9-5-16(6-10-18)20(26)24-13-11-23(12-14-24)19(25)15-3-7-17(22)8-4-15/h3-10H,2,11-14,22H2,1H3. The molecule has 0 unspecified atom stereocenters. The summed E-state index contributed by atoms with van der Waals surface area (Å²) < 4.78 is 9.70. The molecule has 1 saturated heterocycles. The molecule has 0 bridgehead atoms. The molecule has 0 aromatic heterocycles. The van der Waals surface area contributed by atoms with Crippen LogP contribution in [-0.4, -0.2) is 60.6 Å². The van der Waals surface area contributed by atoms with Crippen molar-refractivity contribution in [3.05, 3.63) is 59.7 Å². The topological polar surface area (TPSA) is 102 Å². The number of ether oxygens (including phenoxy) is 2. The van der Waals surface area contributed by atoms with Crippen LogP contribution in [0.2, 0.25) is 0 Å². The van der Waals surface area contributed by atoms with E-state index in [2.05, 4.69) is 0 Å². The molecule has 2 N–H and O–H groups in total. The summed E-state index contributed by atoms with van der Waals surface area (Å²) in [5.74, 6) is 0.101. The normalized spacial score (nSPS) is 13.7. The Bertz CT molecular complexity index is 872. The predicted molar refractivity (Wildman–Crippen MR) is 107 cm³/mol. The lowest BCUT2D eigenvalue weighted by Crippen LogP contribution is -2.50. The summed E-state index contributed by atoms with van der Waals surface area (Å²) in [6.07, 6.45) is -0.784. The highest BCUT2D eigenvalue weighted by molar-refractivity contribution is 5.96. The van der Waals surface area contributed by atoms with E-state index in [1.54, 1.807) is 65.3 Å². The van der Waals surface area contributed by atoms with Crippen LogP contribution in [0.15, 0.2) is 48.5 Å². The number of nitrogens with zero attached hydrogens (tertiary/aromatic N) is 2. The molecule has 1 aliphatic heterocycles.